The Bertz CT molecular complexity index is 1060. The number of methoxy groups -OCH3 is 1. The third-order valence-corrected chi connectivity index (χ3v) is 4.40. The first-order chi connectivity index (χ1) is 12.7. The quantitative estimate of drug-likeness (QED) is 0.506. The van der Waals surface area contributed by atoms with Gasteiger partial charge in [0.2, 0.25) is 0 Å². The average Bonchev–Trinajstić information content (AvgIpc) is 2.69. The Labute approximate surface area is 156 Å². The molecule has 0 radical (unpaired) electrons. The Hall–Kier alpha value is -3.11. The van der Waals surface area contributed by atoms with E-state index in [9.17, 15) is 0 Å². The van der Waals surface area contributed by atoms with E-state index in [0.717, 1.165) is 33.7 Å². The molecule has 4 aromatic rings. The first kappa shape index (κ1) is 16.4. The Morgan fingerprint density at radius 2 is 1.58 bits per heavy atom. The number of benzene rings is 3. The van der Waals surface area contributed by atoms with E-state index in [1.54, 1.807) is 7.11 Å². The van der Waals surface area contributed by atoms with Gasteiger partial charge in [0, 0.05) is 16.6 Å². The second-order valence-corrected chi connectivity index (χ2v) is 6.15. The highest BCUT2D eigenvalue weighted by molar-refractivity contribution is 6.33. The van der Waals surface area contributed by atoms with Crippen molar-refractivity contribution in [3.05, 3.63) is 77.8 Å². The maximum atomic E-state index is 6.34. The van der Waals surface area contributed by atoms with Crippen molar-refractivity contribution >= 4 is 34.0 Å². The van der Waals surface area contributed by atoms with Crippen LogP contribution < -0.4 is 10.1 Å². The lowest BCUT2D eigenvalue weighted by Crippen LogP contribution is -1.99. The number of rotatable bonds is 4. The fourth-order valence-electron chi connectivity index (χ4n) is 2.75. The molecule has 5 heteroatoms. The van der Waals surface area contributed by atoms with Crippen molar-refractivity contribution in [3.63, 3.8) is 0 Å². The normalized spacial score (nSPS) is 10.7. The van der Waals surface area contributed by atoms with Crippen molar-refractivity contribution in [3.8, 4) is 17.1 Å². The number of fused-ring (bicyclic) bond motifs is 1. The van der Waals surface area contributed by atoms with Crippen LogP contribution in [0.5, 0.6) is 5.75 Å². The lowest BCUT2D eigenvalue weighted by Gasteiger charge is -2.12. The van der Waals surface area contributed by atoms with E-state index in [0.29, 0.717) is 10.8 Å². The van der Waals surface area contributed by atoms with Crippen molar-refractivity contribution in [1.82, 2.24) is 9.97 Å². The number of anilines is 2. The van der Waals surface area contributed by atoms with Crippen molar-refractivity contribution in [1.29, 1.82) is 0 Å². The third-order valence-electron chi connectivity index (χ3n) is 4.07. The predicted molar refractivity (Wildman–Crippen MR) is 106 cm³/mol. The zero-order chi connectivity index (χ0) is 17.9. The van der Waals surface area contributed by atoms with Gasteiger partial charge in [0.1, 0.15) is 11.6 Å². The molecule has 3 aromatic carbocycles. The first-order valence-corrected chi connectivity index (χ1v) is 8.55. The summed E-state index contributed by atoms with van der Waals surface area (Å²) in [5.41, 5.74) is 2.57. The molecule has 0 saturated heterocycles. The molecule has 0 unspecified atom stereocenters. The molecule has 0 amide bonds. The summed E-state index contributed by atoms with van der Waals surface area (Å²) in [5.74, 6) is 2.13. The highest BCUT2D eigenvalue weighted by atomic mass is 35.5. The number of aromatic nitrogens is 2. The summed E-state index contributed by atoms with van der Waals surface area (Å²) in [6.45, 7) is 0. The largest absolute Gasteiger partial charge is 0.497 e. The van der Waals surface area contributed by atoms with Gasteiger partial charge in [0.25, 0.3) is 0 Å². The molecule has 0 atom stereocenters. The molecule has 1 aromatic heterocycles. The molecule has 128 valence electrons. The van der Waals surface area contributed by atoms with Crippen LogP contribution in [0, 0.1) is 0 Å². The van der Waals surface area contributed by atoms with Crippen molar-refractivity contribution in [2.45, 2.75) is 0 Å². The van der Waals surface area contributed by atoms with Crippen molar-refractivity contribution < 1.29 is 4.74 Å². The van der Waals surface area contributed by atoms with Crippen LogP contribution in [0.4, 0.5) is 11.5 Å². The Morgan fingerprint density at radius 1 is 0.846 bits per heavy atom. The van der Waals surface area contributed by atoms with Crippen LogP contribution in [0.25, 0.3) is 22.3 Å². The Morgan fingerprint density at radius 3 is 2.35 bits per heavy atom. The number of para-hydroxylation sites is 1. The van der Waals surface area contributed by atoms with Crippen LogP contribution in [0.2, 0.25) is 5.02 Å². The van der Waals surface area contributed by atoms with Crippen LogP contribution >= 0.6 is 11.6 Å². The monoisotopic (exact) mass is 361 g/mol. The number of nitrogens with one attached hydrogen (secondary N) is 1. The summed E-state index contributed by atoms with van der Waals surface area (Å²) in [6, 6.07) is 23.2. The van der Waals surface area contributed by atoms with E-state index >= 15 is 0 Å². The number of nitrogens with zero attached hydrogens (tertiary/aromatic N) is 2. The zero-order valence-corrected chi connectivity index (χ0v) is 14.9. The highest BCUT2D eigenvalue weighted by Crippen LogP contribution is 2.30. The van der Waals surface area contributed by atoms with E-state index in [4.69, 9.17) is 21.3 Å². The van der Waals surface area contributed by atoms with Crippen LogP contribution in [-0.2, 0) is 0 Å². The fourth-order valence-corrected chi connectivity index (χ4v) is 2.97. The van der Waals surface area contributed by atoms with Gasteiger partial charge < -0.3 is 10.1 Å². The minimum Gasteiger partial charge on any atom is -0.497 e. The van der Waals surface area contributed by atoms with Gasteiger partial charge in [-0.2, -0.15) is 0 Å². The van der Waals surface area contributed by atoms with Gasteiger partial charge in [0.05, 0.1) is 17.6 Å². The average molecular weight is 362 g/mol. The van der Waals surface area contributed by atoms with E-state index in [1.807, 2.05) is 72.8 Å². The minimum atomic E-state index is 0.588. The standard InChI is InChI=1S/C21H16ClN3O/c1-26-15-12-10-14(11-13-15)23-21-17-7-3-5-9-19(17)24-20(25-21)16-6-2-4-8-18(16)22/h2-13H,1H3,(H,23,24,25). The van der Waals surface area contributed by atoms with E-state index < -0.39 is 0 Å². The van der Waals surface area contributed by atoms with E-state index in [-0.39, 0.29) is 0 Å². The molecule has 0 saturated carbocycles. The number of hydrogen-bond donors (Lipinski definition) is 1. The summed E-state index contributed by atoms with van der Waals surface area (Å²) in [5, 5.41) is 4.95. The second kappa shape index (κ2) is 7.02. The van der Waals surface area contributed by atoms with Crippen LogP contribution in [-0.4, -0.2) is 17.1 Å². The molecule has 0 aliphatic carbocycles. The van der Waals surface area contributed by atoms with Crippen molar-refractivity contribution in [2.75, 3.05) is 12.4 Å². The van der Waals surface area contributed by atoms with Gasteiger partial charge in [0.15, 0.2) is 5.82 Å². The summed E-state index contributed by atoms with van der Waals surface area (Å²) >= 11 is 6.34. The zero-order valence-electron chi connectivity index (χ0n) is 14.1. The van der Waals surface area contributed by atoms with Crippen LogP contribution in [0.15, 0.2) is 72.8 Å². The van der Waals surface area contributed by atoms with Crippen LogP contribution in [0.3, 0.4) is 0 Å². The van der Waals surface area contributed by atoms with Gasteiger partial charge in [-0.25, -0.2) is 9.97 Å². The maximum absolute atomic E-state index is 6.34. The van der Waals surface area contributed by atoms with E-state index in [1.165, 1.54) is 0 Å². The first-order valence-electron chi connectivity index (χ1n) is 8.17. The number of hydrogen-bond acceptors (Lipinski definition) is 4. The molecule has 4 nitrogen and oxygen atoms in total. The highest BCUT2D eigenvalue weighted by Gasteiger charge is 2.11. The molecule has 0 bridgehead atoms. The number of halogens is 1. The van der Waals surface area contributed by atoms with Gasteiger partial charge in [-0.15, -0.1) is 0 Å². The van der Waals surface area contributed by atoms with Gasteiger partial charge in [-0.3, -0.25) is 0 Å². The summed E-state index contributed by atoms with van der Waals surface area (Å²) in [4.78, 5) is 9.41. The molecule has 4 rings (SSSR count). The van der Waals surface area contributed by atoms with E-state index in [2.05, 4.69) is 10.3 Å². The topological polar surface area (TPSA) is 47.0 Å². The third kappa shape index (κ3) is 3.19. The van der Waals surface area contributed by atoms with Gasteiger partial charge >= 0.3 is 0 Å². The van der Waals surface area contributed by atoms with Gasteiger partial charge in [-0.05, 0) is 48.5 Å². The molecular formula is C21H16ClN3O. The molecule has 0 fully saturated rings. The van der Waals surface area contributed by atoms with Crippen molar-refractivity contribution in [2.24, 2.45) is 0 Å². The summed E-state index contributed by atoms with van der Waals surface area (Å²) in [7, 11) is 1.65. The predicted octanol–water partition coefficient (Wildman–Crippen LogP) is 5.70. The number of ether oxygens (including phenoxy) is 1. The van der Waals surface area contributed by atoms with Gasteiger partial charge in [-0.1, -0.05) is 35.9 Å². The Balaban J connectivity index is 1.83. The molecule has 0 spiro atoms. The smallest absolute Gasteiger partial charge is 0.163 e. The maximum Gasteiger partial charge on any atom is 0.163 e. The second-order valence-electron chi connectivity index (χ2n) is 5.75. The molecule has 0 aliphatic heterocycles. The molecular weight excluding hydrogens is 346 g/mol. The fraction of sp³-hybridized carbons (Fsp3) is 0.0476. The Kier molecular flexibility index (Phi) is 4.42. The SMILES string of the molecule is COc1ccc(Nc2nc(-c3ccccc3Cl)nc3ccccc23)cc1. The minimum absolute atomic E-state index is 0.588. The molecule has 0 aliphatic rings. The molecule has 1 N–H and O–H groups in total. The lowest BCUT2D eigenvalue weighted by molar-refractivity contribution is 0.415. The summed E-state index contributed by atoms with van der Waals surface area (Å²) < 4.78 is 5.21. The van der Waals surface area contributed by atoms with Crippen LogP contribution in [0.1, 0.15) is 0 Å². The summed E-state index contributed by atoms with van der Waals surface area (Å²) in [6.07, 6.45) is 0. The molecule has 26 heavy (non-hydrogen) atoms. The lowest BCUT2D eigenvalue weighted by atomic mass is 10.1. The molecule has 1 heterocycles.